The molecule has 0 aliphatic carbocycles. The fourth-order valence-corrected chi connectivity index (χ4v) is 3.42. The molecular formula is C21H18BrF2N3O3. The van der Waals surface area contributed by atoms with Gasteiger partial charge in [-0.15, -0.1) is 0 Å². The molecule has 3 N–H and O–H groups in total. The lowest BCUT2D eigenvalue weighted by Crippen LogP contribution is -2.28. The van der Waals surface area contributed by atoms with Gasteiger partial charge in [-0.2, -0.15) is 0 Å². The van der Waals surface area contributed by atoms with Crippen molar-refractivity contribution in [3.8, 4) is 11.4 Å². The number of amides is 1. The number of aromatic amines is 1. The number of benzene rings is 2. The first kappa shape index (κ1) is 21.8. The molecule has 0 aliphatic heterocycles. The summed E-state index contributed by atoms with van der Waals surface area (Å²) < 4.78 is 33.0. The van der Waals surface area contributed by atoms with Crippen molar-refractivity contribution in [2.75, 3.05) is 0 Å². The van der Waals surface area contributed by atoms with Crippen molar-refractivity contribution < 1.29 is 18.3 Å². The number of halogens is 3. The number of hydrogen-bond acceptors (Lipinski definition) is 4. The zero-order valence-corrected chi connectivity index (χ0v) is 17.7. The van der Waals surface area contributed by atoms with Gasteiger partial charge in [0.25, 0.3) is 5.56 Å². The van der Waals surface area contributed by atoms with Gasteiger partial charge in [-0.25, -0.2) is 13.8 Å². The highest BCUT2D eigenvalue weighted by atomic mass is 79.9. The Morgan fingerprint density at radius 1 is 1.20 bits per heavy atom. The summed E-state index contributed by atoms with van der Waals surface area (Å²) >= 11 is 3.23. The molecule has 0 saturated carbocycles. The number of rotatable bonds is 6. The SMILES string of the molecule is CC(C)(OCc1ccc(F)cc1F)c1nc(-c2ccc(C(N)=O)cc2)[nH]c(=O)c1Br. The first-order valence-electron chi connectivity index (χ1n) is 8.87. The number of nitrogens with one attached hydrogen (secondary N) is 1. The molecule has 1 heterocycles. The topological polar surface area (TPSA) is 98.1 Å². The van der Waals surface area contributed by atoms with Gasteiger partial charge in [-0.3, -0.25) is 9.59 Å². The summed E-state index contributed by atoms with van der Waals surface area (Å²) in [7, 11) is 0. The highest BCUT2D eigenvalue weighted by molar-refractivity contribution is 9.10. The van der Waals surface area contributed by atoms with Gasteiger partial charge in [0.05, 0.1) is 12.3 Å². The van der Waals surface area contributed by atoms with Crippen LogP contribution in [0.5, 0.6) is 0 Å². The smallest absolute Gasteiger partial charge is 0.265 e. The highest BCUT2D eigenvalue weighted by Crippen LogP contribution is 2.30. The van der Waals surface area contributed by atoms with Gasteiger partial charge >= 0.3 is 0 Å². The summed E-state index contributed by atoms with van der Waals surface area (Å²) in [5.41, 5.74) is 5.08. The Morgan fingerprint density at radius 3 is 2.47 bits per heavy atom. The van der Waals surface area contributed by atoms with Crippen LogP contribution in [0.15, 0.2) is 51.7 Å². The van der Waals surface area contributed by atoms with E-state index in [2.05, 4.69) is 25.9 Å². The molecule has 3 aromatic rings. The summed E-state index contributed by atoms with van der Waals surface area (Å²) in [6.07, 6.45) is 0. The molecule has 0 fully saturated rings. The minimum absolute atomic E-state index is 0.150. The van der Waals surface area contributed by atoms with E-state index >= 15 is 0 Å². The maximum absolute atomic E-state index is 13.9. The molecule has 30 heavy (non-hydrogen) atoms. The highest BCUT2D eigenvalue weighted by Gasteiger charge is 2.29. The number of carbonyl (C=O) groups excluding carboxylic acids is 1. The molecule has 2 aromatic carbocycles. The molecule has 0 atom stereocenters. The molecule has 6 nitrogen and oxygen atoms in total. The molecule has 3 rings (SSSR count). The normalized spacial score (nSPS) is 11.5. The number of nitrogens with zero attached hydrogens (tertiary/aromatic N) is 1. The van der Waals surface area contributed by atoms with Crippen LogP contribution in [0, 0.1) is 11.6 Å². The van der Waals surface area contributed by atoms with Gasteiger partial charge in [0.2, 0.25) is 5.91 Å². The molecule has 0 radical (unpaired) electrons. The molecule has 0 bridgehead atoms. The fourth-order valence-electron chi connectivity index (χ4n) is 2.75. The summed E-state index contributed by atoms with van der Waals surface area (Å²) in [5.74, 6) is -1.71. The average molecular weight is 478 g/mol. The molecule has 1 aromatic heterocycles. The summed E-state index contributed by atoms with van der Waals surface area (Å²) in [6.45, 7) is 3.21. The van der Waals surface area contributed by atoms with Crippen LogP contribution in [0.25, 0.3) is 11.4 Å². The lowest BCUT2D eigenvalue weighted by Gasteiger charge is -2.26. The van der Waals surface area contributed by atoms with Crippen LogP contribution in [0.2, 0.25) is 0 Å². The van der Waals surface area contributed by atoms with Crippen LogP contribution >= 0.6 is 15.9 Å². The van der Waals surface area contributed by atoms with Crippen molar-refractivity contribution in [3.63, 3.8) is 0 Å². The second-order valence-electron chi connectivity index (χ2n) is 7.05. The molecule has 0 saturated heterocycles. The molecule has 1 amide bonds. The van der Waals surface area contributed by atoms with Crippen LogP contribution in [-0.2, 0) is 16.9 Å². The van der Waals surface area contributed by atoms with Gasteiger partial charge in [-0.1, -0.05) is 18.2 Å². The second kappa shape index (κ2) is 8.45. The molecule has 0 spiro atoms. The maximum atomic E-state index is 13.9. The molecule has 156 valence electrons. The van der Waals surface area contributed by atoms with E-state index in [4.69, 9.17) is 10.5 Å². The third-order valence-electron chi connectivity index (χ3n) is 4.48. The largest absolute Gasteiger partial charge is 0.366 e. The number of ether oxygens (including phenoxy) is 1. The monoisotopic (exact) mass is 477 g/mol. The Bertz CT molecular complexity index is 1160. The zero-order valence-electron chi connectivity index (χ0n) is 16.1. The van der Waals surface area contributed by atoms with Gasteiger partial charge < -0.3 is 15.5 Å². The van der Waals surface area contributed by atoms with E-state index in [1.54, 1.807) is 26.0 Å². The summed E-state index contributed by atoms with van der Waals surface area (Å²) in [6, 6.07) is 9.49. The molecule has 0 aliphatic rings. The molecule has 9 heteroatoms. The Kier molecular flexibility index (Phi) is 6.14. The van der Waals surface area contributed by atoms with Crippen LogP contribution in [-0.4, -0.2) is 15.9 Å². The molecular weight excluding hydrogens is 460 g/mol. The lowest BCUT2D eigenvalue weighted by molar-refractivity contribution is -0.0384. The van der Waals surface area contributed by atoms with Crippen LogP contribution in [0.3, 0.4) is 0 Å². The number of H-pyrrole nitrogens is 1. The first-order chi connectivity index (χ1) is 14.1. The van der Waals surface area contributed by atoms with Crippen LogP contribution < -0.4 is 11.3 Å². The Hall–Kier alpha value is -2.91. The van der Waals surface area contributed by atoms with Crippen molar-refractivity contribution in [1.82, 2.24) is 9.97 Å². The lowest BCUT2D eigenvalue weighted by atomic mass is 10.0. The van der Waals surface area contributed by atoms with Crippen molar-refractivity contribution in [2.45, 2.75) is 26.1 Å². The number of carbonyl (C=O) groups is 1. The van der Waals surface area contributed by atoms with Gasteiger partial charge in [-0.05, 0) is 48.0 Å². The Balaban J connectivity index is 1.93. The van der Waals surface area contributed by atoms with E-state index in [1.807, 2.05) is 0 Å². The van der Waals surface area contributed by atoms with E-state index < -0.39 is 28.7 Å². The van der Waals surface area contributed by atoms with E-state index in [0.29, 0.717) is 16.8 Å². The maximum Gasteiger partial charge on any atom is 0.265 e. The first-order valence-corrected chi connectivity index (χ1v) is 9.66. The average Bonchev–Trinajstić information content (AvgIpc) is 2.69. The predicted molar refractivity (Wildman–Crippen MR) is 111 cm³/mol. The minimum Gasteiger partial charge on any atom is -0.366 e. The number of aromatic nitrogens is 2. The van der Waals surface area contributed by atoms with Gasteiger partial charge in [0.15, 0.2) is 0 Å². The van der Waals surface area contributed by atoms with E-state index in [9.17, 15) is 18.4 Å². The van der Waals surface area contributed by atoms with Crippen molar-refractivity contribution in [3.05, 3.63) is 85.7 Å². The Morgan fingerprint density at radius 2 is 1.87 bits per heavy atom. The van der Waals surface area contributed by atoms with E-state index in [0.717, 1.165) is 12.1 Å². The van der Waals surface area contributed by atoms with Gasteiger partial charge in [0.1, 0.15) is 27.5 Å². The fraction of sp³-hybridized carbons (Fsp3) is 0.190. The van der Waals surface area contributed by atoms with E-state index in [1.165, 1.54) is 18.2 Å². The van der Waals surface area contributed by atoms with Crippen LogP contribution in [0.4, 0.5) is 8.78 Å². The van der Waals surface area contributed by atoms with E-state index in [-0.39, 0.29) is 22.5 Å². The van der Waals surface area contributed by atoms with Gasteiger partial charge in [0, 0.05) is 22.8 Å². The zero-order chi connectivity index (χ0) is 22.1. The van der Waals surface area contributed by atoms with Crippen LogP contribution in [0.1, 0.15) is 35.5 Å². The standard InChI is InChI=1S/C21H18BrF2N3O3/c1-21(2,30-10-13-7-8-14(23)9-15(13)24)17-16(22)20(29)27-19(26-17)12-5-3-11(4-6-12)18(25)28/h3-9H,10H2,1-2H3,(H2,25,28)(H,26,27,29). The number of hydrogen-bond donors (Lipinski definition) is 2. The van der Waals surface area contributed by atoms with Crippen molar-refractivity contribution in [2.24, 2.45) is 5.73 Å². The summed E-state index contributed by atoms with van der Waals surface area (Å²) in [5, 5.41) is 0. The second-order valence-corrected chi connectivity index (χ2v) is 7.85. The predicted octanol–water partition coefficient (Wildman–Crippen LogP) is 4.03. The minimum atomic E-state index is -1.09. The number of nitrogens with two attached hydrogens (primary N) is 1. The Labute approximate surface area is 179 Å². The third kappa shape index (κ3) is 4.63. The third-order valence-corrected chi connectivity index (χ3v) is 5.22. The molecule has 0 unspecified atom stereocenters. The quantitative estimate of drug-likeness (QED) is 0.559. The number of primary amides is 1. The van der Waals surface area contributed by atoms with Crippen molar-refractivity contribution >= 4 is 21.8 Å². The summed E-state index contributed by atoms with van der Waals surface area (Å²) in [4.78, 5) is 30.8. The van der Waals surface area contributed by atoms with Crippen molar-refractivity contribution in [1.29, 1.82) is 0 Å².